The van der Waals surface area contributed by atoms with Crippen LogP contribution in [-0.4, -0.2) is 24.1 Å². The summed E-state index contributed by atoms with van der Waals surface area (Å²) < 4.78 is 4.82. The molecule has 1 atom stereocenters. The van der Waals surface area contributed by atoms with E-state index in [1.165, 1.54) is 7.11 Å². The average molecular weight is 272 g/mol. The van der Waals surface area contributed by atoms with Gasteiger partial charge in [-0.15, -0.1) is 0 Å². The Morgan fingerprint density at radius 3 is 2.85 bits per heavy atom. The average Bonchev–Trinajstić information content (AvgIpc) is 2.46. The van der Waals surface area contributed by atoms with E-state index in [1.54, 1.807) is 6.20 Å². The third kappa shape index (κ3) is 3.33. The van der Waals surface area contributed by atoms with Crippen LogP contribution in [0.15, 0.2) is 36.5 Å². The lowest BCUT2D eigenvalue weighted by atomic mass is 10.0. The number of hydrogen-bond donors (Lipinski definition) is 1. The van der Waals surface area contributed by atoms with Gasteiger partial charge < -0.3 is 10.1 Å². The third-order valence-corrected chi connectivity index (χ3v) is 3.32. The maximum Gasteiger partial charge on any atom is 0.323 e. The van der Waals surface area contributed by atoms with E-state index in [4.69, 9.17) is 4.74 Å². The van der Waals surface area contributed by atoms with Crippen molar-refractivity contribution in [2.24, 2.45) is 5.92 Å². The normalized spacial score (nSPS) is 12.6. The van der Waals surface area contributed by atoms with Gasteiger partial charge in [0.1, 0.15) is 6.04 Å². The molecule has 4 nitrogen and oxygen atoms in total. The predicted octanol–water partition coefficient (Wildman–Crippen LogP) is 2.52. The molecule has 0 saturated heterocycles. The van der Waals surface area contributed by atoms with Crippen LogP contribution in [0.25, 0.3) is 10.9 Å². The minimum absolute atomic E-state index is 0.185. The first-order chi connectivity index (χ1) is 9.61. The second-order valence-electron chi connectivity index (χ2n) is 5.16. The van der Waals surface area contributed by atoms with Crippen LogP contribution < -0.4 is 5.32 Å². The van der Waals surface area contributed by atoms with Crippen LogP contribution >= 0.6 is 0 Å². The van der Waals surface area contributed by atoms with E-state index >= 15 is 0 Å². The van der Waals surface area contributed by atoms with Crippen LogP contribution in [0, 0.1) is 5.92 Å². The number of ether oxygens (including phenoxy) is 1. The number of hydrogen-bond acceptors (Lipinski definition) is 4. The van der Waals surface area contributed by atoms with Crippen LogP contribution in [0.3, 0.4) is 0 Å². The Bertz CT molecular complexity index is 596. The number of esters is 1. The van der Waals surface area contributed by atoms with Crippen molar-refractivity contribution in [1.29, 1.82) is 0 Å². The highest BCUT2D eigenvalue weighted by Gasteiger charge is 2.21. The fourth-order valence-electron chi connectivity index (χ4n) is 2.18. The lowest BCUT2D eigenvalue weighted by Crippen LogP contribution is -2.41. The number of fused-ring (bicyclic) bond motifs is 1. The zero-order valence-electron chi connectivity index (χ0n) is 12.1. The summed E-state index contributed by atoms with van der Waals surface area (Å²) in [6.45, 7) is 4.63. The van der Waals surface area contributed by atoms with Gasteiger partial charge in [0, 0.05) is 18.1 Å². The molecule has 4 heteroatoms. The summed E-state index contributed by atoms with van der Waals surface area (Å²) >= 11 is 0. The summed E-state index contributed by atoms with van der Waals surface area (Å²) in [6.07, 6.45) is 1.78. The van der Waals surface area contributed by atoms with Gasteiger partial charge in [0.05, 0.1) is 12.6 Å². The summed E-state index contributed by atoms with van der Waals surface area (Å²) in [5.41, 5.74) is 2.10. The van der Waals surface area contributed by atoms with Crippen LogP contribution in [0.4, 0.5) is 0 Å². The van der Waals surface area contributed by atoms with E-state index in [0.717, 1.165) is 16.5 Å². The third-order valence-electron chi connectivity index (χ3n) is 3.32. The first-order valence-electron chi connectivity index (χ1n) is 6.76. The molecule has 106 valence electrons. The van der Waals surface area contributed by atoms with Crippen LogP contribution in [0.1, 0.15) is 19.4 Å². The molecule has 1 aromatic heterocycles. The molecule has 0 bridgehead atoms. The predicted molar refractivity (Wildman–Crippen MR) is 79.2 cm³/mol. The maximum absolute atomic E-state index is 11.7. The van der Waals surface area contributed by atoms with Crippen molar-refractivity contribution in [2.75, 3.05) is 7.11 Å². The van der Waals surface area contributed by atoms with Crippen LogP contribution in [-0.2, 0) is 16.1 Å². The van der Waals surface area contributed by atoms with Gasteiger partial charge >= 0.3 is 5.97 Å². The van der Waals surface area contributed by atoms with Gasteiger partial charge in [-0.3, -0.25) is 9.78 Å². The van der Waals surface area contributed by atoms with Crippen molar-refractivity contribution in [3.05, 3.63) is 42.1 Å². The molecule has 2 aromatic rings. The van der Waals surface area contributed by atoms with Gasteiger partial charge in [-0.2, -0.15) is 0 Å². The van der Waals surface area contributed by atoms with Gasteiger partial charge in [-0.05, 0) is 29.7 Å². The van der Waals surface area contributed by atoms with Crippen molar-refractivity contribution in [1.82, 2.24) is 10.3 Å². The Labute approximate surface area is 119 Å². The quantitative estimate of drug-likeness (QED) is 0.850. The molecular formula is C16H20N2O2. The molecule has 0 aliphatic carbocycles. The van der Waals surface area contributed by atoms with Crippen molar-refractivity contribution in [3.63, 3.8) is 0 Å². The summed E-state index contributed by atoms with van der Waals surface area (Å²) in [5.74, 6) is -0.0352. The van der Waals surface area contributed by atoms with Gasteiger partial charge in [0.2, 0.25) is 0 Å². The lowest BCUT2D eigenvalue weighted by molar-refractivity contribution is -0.144. The smallest absolute Gasteiger partial charge is 0.323 e. The molecule has 1 aromatic carbocycles. The summed E-state index contributed by atoms with van der Waals surface area (Å²) in [6, 6.07) is 9.77. The van der Waals surface area contributed by atoms with E-state index < -0.39 is 0 Å². The summed E-state index contributed by atoms with van der Waals surface area (Å²) in [5, 5.41) is 4.36. The standard InChI is InChI=1S/C16H20N2O2/c1-11(2)15(16(19)20-3)18-10-12-6-7-14-13(9-12)5-4-8-17-14/h4-9,11,15,18H,10H2,1-3H3. The molecule has 0 spiro atoms. The van der Waals surface area contributed by atoms with Gasteiger partial charge in [0.15, 0.2) is 0 Å². The van der Waals surface area contributed by atoms with Crippen molar-refractivity contribution in [3.8, 4) is 0 Å². The first-order valence-corrected chi connectivity index (χ1v) is 6.76. The molecule has 0 radical (unpaired) electrons. The highest BCUT2D eigenvalue weighted by Crippen LogP contribution is 2.14. The zero-order chi connectivity index (χ0) is 14.5. The molecule has 2 rings (SSSR count). The number of nitrogens with one attached hydrogen (secondary N) is 1. The lowest BCUT2D eigenvalue weighted by Gasteiger charge is -2.19. The summed E-state index contributed by atoms with van der Waals surface area (Å²) in [7, 11) is 1.42. The largest absolute Gasteiger partial charge is 0.468 e. The van der Waals surface area contributed by atoms with Gasteiger partial charge in [-0.25, -0.2) is 0 Å². The molecule has 0 fully saturated rings. The van der Waals surface area contributed by atoms with E-state index in [2.05, 4.69) is 16.4 Å². The van der Waals surface area contributed by atoms with Crippen molar-refractivity contribution >= 4 is 16.9 Å². The minimum atomic E-state index is -0.287. The molecule has 1 unspecified atom stereocenters. The van der Waals surface area contributed by atoms with Crippen LogP contribution in [0.2, 0.25) is 0 Å². The van der Waals surface area contributed by atoms with Crippen molar-refractivity contribution < 1.29 is 9.53 Å². The summed E-state index contributed by atoms with van der Waals surface area (Å²) in [4.78, 5) is 16.0. The Hall–Kier alpha value is -1.94. The molecule has 1 heterocycles. The SMILES string of the molecule is COC(=O)C(NCc1ccc2ncccc2c1)C(C)C. The molecule has 20 heavy (non-hydrogen) atoms. The monoisotopic (exact) mass is 272 g/mol. The second kappa shape index (κ2) is 6.48. The van der Waals surface area contributed by atoms with Gasteiger partial charge in [0.25, 0.3) is 0 Å². The minimum Gasteiger partial charge on any atom is -0.468 e. The molecule has 0 saturated carbocycles. The van der Waals surface area contributed by atoms with E-state index in [-0.39, 0.29) is 17.9 Å². The number of carbonyl (C=O) groups is 1. The highest BCUT2D eigenvalue weighted by atomic mass is 16.5. The number of rotatable bonds is 5. The Morgan fingerprint density at radius 1 is 1.35 bits per heavy atom. The maximum atomic E-state index is 11.7. The number of benzene rings is 1. The van der Waals surface area contributed by atoms with Crippen LogP contribution in [0.5, 0.6) is 0 Å². The Balaban J connectivity index is 2.09. The number of methoxy groups -OCH3 is 1. The molecule has 0 amide bonds. The van der Waals surface area contributed by atoms with Gasteiger partial charge in [-0.1, -0.05) is 26.0 Å². The van der Waals surface area contributed by atoms with E-state index in [0.29, 0.717) is 6.54 Å². The molecular weight excluding hydrogens is 252 g/mol. The topological polar surface area (TPSA) is 51.2 Å². The van der Waals surface area contributed by atoms with Crippen molar-refractivity contribution in [2.45, 2.75) is 26.4 Å². The number of nitrogens with zero attached hydrogens (tertiary/aromatic N) is 1. The number of aromatic nitrogens is 1. The number of carbonyl (C=O) groups excluding carboxylic acids is 1. The molecule has 0 aliphatic heterocycles. The molecule has 0 aliphatic rings. The zero-order valence-corrected chi connectivity index (χ0v) is 12.1. The Morgan fingerprint density at radius 2 is 2.15 bits per heavy atom. The fraction of sp³-hybridized carbons (Fsp3) is 0.375. The second-order valence-corrected chi connectivity index (χ2v) is 5.16. The first kappa shape index (κ1) is 14.5. The molecule has 1 N–H and O–H groups in total. The van der Waals surface area contributed by atoms with E-state index in [1.807, 2.05) is 38.1 Å². The fourth-order valence-corrected chi connectivity index (χ4v) is 2.18. The van der Waals surface area contributed by atoms with E-state index in [9.17, 15) is 4.79 Å². The highest BCUT2D eigenvalue weighted by molar-refractivity contribution is 5.79. The number of pyridine rings is 1. The Kier molecular flexibility index (Phi) is 4.69.